The molecule has 1 aromatic carbocycles. The maximum Gasteiger partial charge on any atom is 0.409 e. The van der Waals surface area contributed by atoms with Crippen LogP contribution < -0.4 is 5.32 Å². The number of likely N-dealkylation sites (tertiary alicyclic amines) is 1. The molecule has 2 amide bonds. The van der Waals surface area contributed by atoms with Crippen LogP contribution in [0.5, 0.6) is 0 Å². The van der Waals surface area contributed by atoms with E-state index in [4.69, 9.17) is 16.3 Å². The standard InChI is InChI=1S/C19H27ClN2O3/c1-4-25-19(24)22-11-9-16(10-12-22)21-18(23)17(13(2)3)14-5-7-15(20)8-6-14/h5-8,13,16-17H,4,9-12H2,1-3H3,(H,21,23)/t17-/m0/s1. The molecule has 5 nitrogen and oxygen atoms in total. The molecule has 6 heteroatoms. The Hall–Kier alpha value is -1.75. The van der Waals surface area contributed by atoms with Crippen LogP contribution in [0.4, 0.5) is 4.79 Å². The Balaban J connectivity index is 1.94. The quantitative estimate of drug-likeness (QED) is 0.861. The highest BCUT2D eigenvalue weighted by Gasteiger charge is 2.29. The van der Waals surface area contributed by atoms with Crippen LogP contribution in [0.2, 0.25) is 5.02 Å². The van der Waals surface area contributed by atoms with Gasteiger partial charge in [0.2, 0.25) is 5.91 Å². The Morgan fingerprint density at radius 3 is 2.36 bits per heavy atom. The van der Waals surface area contributed by atoms with Crippen molar-refractivity contribution in [3.63, 3.8) is 0 Å². The van der Waals surface area contributed by atoms with Crippen molar-refractivity contribution in [2.45, 2.75) is 45.6 Å². The van der Waals surface area contributed by atoms with Gasteiger partial charge in [0.1, 0.15) is 0 Å². The first kappa shape index (κ1) is 19.6. The molecule has 1 aliphatic rings. The zero-order valence-corrected chi connectivity index (χ0v) is 15.9. The third kappa shape index (κ3) is 5.36. The fourth-order valence-electron chi connectivity index (χ4n) is 3.22. The largest absolute Gasteiger partial charge is 0.450 e. The second kappa shape index (κ2) is 9.09. The Labute approximate surface area is 154 Å². The van der Waals surface area contributed by atoms with Gasteiger partial charge in [-0.2, -0.15) is 0 Å². The number of hydrogen-bond donors (Lipinski definition) is 1. The zero-order valence-electron chi connectivity index (χ0n) is 15.1. The van der Waals surface area contributed by atoms with E-state index < -0.39 is 0 Å². The fourth-order valence-corrected chi connectivity index (χ4v) is 3.35. The van der Waals surface area contributed by atoms with Gasteiger partial charge in [-0.15, -0.1) is 0 Å². The number of ether oxygens (including phenoxy) is 1. The highest BCUT2D eigenvalue weighted by molar-refractivity contribution is 6.30. The smallest absolute Gasteiger partial charge is 0.409 e. The summed E-state index contributed by atoms with van der Waals surface area (Å²) in [7, 11) is 0. The predicted octanol–water partition coefficient (Wildman–Crippen LogP) is 3.82. The average molecular weight is 367 g/mol. The molecule has 0 aromatic heterocycles. The molecule has 1 atom stereocenters. The molecule has 1 saturated heterocycles. The summed E-state index contributed by atoms with van der Waals surface area (Å²) in [5.74, 6) is 0.00746. The first-order valence-corrected chi connectivity index (χ1v) is 9.27. The van der Waals surface area contributed by atoms with E-state index in [0.717, 1.165) is 18.4 Å². The monoisotopic (exact) mass is 366 g/mol. The summed E-state index contributed by atoms with van der Waals surface area (Å²) < 4.78 is 5.02. The van der Waals surface area contributed by atoms with Gasteiger partial charge in [0, 0.05) is 24.2 Å². The summed E-state index contributed by atoms with van der Waals surface area (Å²) in [6.45, 7) is 7.49. The third-order valence-electron chi connectivity index (χ3n) is 4.55. The predicted molar refractivity (Wildman–Crippen MR) is 98.8 cm³/mol. The molecular formula is C19H27ClN2O3. The Bertz CT molecular complexity index is 581. The van der Waals surface area contributed by atoms with Gasteiger partial charge in [0.05, 0.1) is 12.5 Å². The van der Waals surface area contributed by atoms with Crippen LogP contribution in [0.15, 0.2) is 24.3 Å². The van der Waals surface area contributed by atoms with Crippen molar-refractivity contribution in [3.05, 3.63) is 34.9 Å². The molecule has 25 heavy (non-hydrogen) atoms. The first-order valence-electron chi connectivity index (χ1n) is 8.90. The number of benzene rings is 1. The van der Waals surface area contributed by atoms with Gasteiger partial charge in [-0.25, -0.2) is 4.79 Å². The molecule has 0 radical (unpaired) electrons. The van der Waals surface area contributed by atoms with Crippen molar-refractivity contribution in [1.82, 2.24) is 10.2 Å². The summed E-state index contributed by atoms with van der Waals surface area (Å²) in [5, 5.41) is 3.82. The number of nitrogens with zero attached hydrogens (tertiary/aromatic N) is 1. The number of piperidine rings is 1. The average Bonchev–Trinajstić information content (AvgIpc) is 2.57. The van der Waals surface area contributed by atoms with Crippen LogP contribution in [0, 0.1) is 5.92 Å². The molecule has 1 aliphatic heterocycles. The minimum absolute atomic E-state index is 0.0342. The summed E-state index contributed by atoms with van der Waals surface area (Å²) in [6.07, 6.45) is 1.22. The normalized spacial score (nSPS) is 16.6. The summed E-state index contributed by atoms with van der Waals surface area (Å²) >= 11 is 5.95. The topological polar surface area (TPSA) is 58.6 Å². The van der Waals surface area contributed by atoms with Crippen molar-refractivity contribution >= 4 is 23.6 Å². The van der Waals surface area contributed by atoms with Crippen LogP contribution >= 0.6 is 11.6 Å². The van der Waals surface area contributed by atoms with E-state index in [0.29, 0.717) is 24.7 Å². The Kier molecular flexibility index (Phi) is 7.12. The van der Waals surface area contributed by atoms with E-state index >= 15 is 0 Å². The lowest BCUT2D eigenvalue weighted by atomic mass is 9.87. The molecule has 1 aromatic rings. The minimum atomic E-state index is -0.270. The van der Waals surface area contributed by atoms with Crippen LogP contribution in [0.25, 0.3) is 0 Å². The first-order chi connectivity index (χ1) is 11.9. The number of nitrogens with one attached hydrogen (secondary N) is 1. The molecule has 0 bridgehead atoms. The maximum absolute atomic E-state index is 12.8. The van der Waals surface area contributed by atoms with Crippen LogP contribution in [0.3, 0.4) is 0 Å². The number of rotatable bonds is 5. The van der Waals surface area contributed by atoms with Gasteiger partial charge in [-0.1, -0.05) is 37.6 Å². The van der Waals surface area contributed by atoms with Gasteiger partial charge in [0.15, 0.2) is 0 Å². The zero-order chi connectivity index (χ0) is 18.4. The van der Waals surface area contributed by atoms with Crippen LogP contribution in [0.1, 0.15) is 45.1 Å². The van der Waals surface area contributed by atoms with Crippen LogP contribution in [-0.4, -0.2) is 42.6 Å². The minimum Gasteiger partial charge on any atom is -0.450 e. The molecule has 0 saturated carbocycles. The molecule has 0 aliphatic carbocycles. The lowest BCUT2D eigenvalue weighted by Gasteiger charge is -2.33. The Morgan fingerprint density at radius 1 is 1.24 bits per heavy atom. The fraction of sp³-hybridized carbons (Fsp3) is 0.579. The van der Waals surface area contributed by atoms with Crippen molar-refractivity contribution in [2.24, 2.45) is 5.92 Å². The second-order valence-electron chi connectivity index (χ2n) is 6.74. The molecule has 138 valence electrons. The van der Waals surface area contributed by atoms with E-state index in [9.17, 15) is 9.59 Å². The highest BCUT2D eigenvalue weighted by Crippen LogP contribution is 2.26. The highest BCUT2D eigenvalue weighted by atomic mass is 35.5. The molecule has 0 spiro atoms. The maximum atomic E-state index is 12.8. The number of halogens is 1. The van der Waals surface area contributed by atoms with E-state index in [1.807, 2.05) is 38.1 Å². The van der Waals surface area contributed by atoms with E-state index in [1.54, 1.807) is 11.8 Å². The van der Waals surface area contributed by atoms with Crippen LogP contribution in [-0.2, 0) is 9.53 Å². The molecule has 2 rings (SSSR count). The van der Waals surface area contributed by atoms with Gasteiger partial charge >= 0.3 is 6.09 Å². The number of amides is 2. The van der Waals surface area contributed by atoms with E-state index in [-0.39, 0.29) is 29.9 Å². The third-order valence-corrected chi connectivity index (χ3v) is 4.80. The number of hydrogen-bond acceptors (Lipinski definition) is 3. The van der Waals surface area contributed by atoms with Crippen molar-refractivity contribution in [1.29, 1.82) is 0 Å². The summed E-state index contributed by atoms with van der Waals surface area (Å²) in [4.78, 5) is 26.2. The van der Waals surface area contributed by atoms with E-state index in [1.165, 1.54) is 0 Å². The van der Waals surface area contributed by atoms with Gasteiger partial charge < -0.3 is 15.0 Å². The lowest BCUT2D eigenvalue weighted by molar-refractivity contribution is -0.124. The molecule has 1 heterocycles. The number of carbonyl (C=O) groups excluding carboxylic acids is 2. The molecule has 1 fully saturated rings. The summed E-state index contributed by atoms with van der Waals surface area (Å²) in [5.41, 5.74) is 0.973. The van der Waals surface area contributed by atoms with Crippen molar-refractivity contribution in [3.8, 4) is 0 Å². The van der Waals surface area contributed by atoms with E-state index in [2.05, 4.69) is 5.32 Å². The summed E-state index contributed by atoms with van der Waals surface area (Å²) in [6, 6.07) is 7.55. The molecule has 1 N–H and O–H groups in total. The molecule has 0 unspecified atom stereocenters. The SMILES string of the molecule is CCOC(=O)N1CCC(NC(=O)[C@H](c2ccc(Cl)cc2)C(C)C)CC1. The van der Waals surface area contributed by atoms with Crippen molar-refractivity contribution in [2.75, 3.05) is 19.7 Å². The lowest BCUT2D eigenvalue weighted by Crippen LogP contribution is -2.48. The second-order valence-corrected chi connectivity index (χ2v) is 7.18. The molecular weight excluding hydrogens is 340 g/mol. The van der Waals surface area contributed by atoms with Gasteiger partial charge in [-0.3, -0.25) is 4.79 Å². The number of carbonyl (C=O) groups is 2. The van der Waals surface area contributed by atoms with Gasteiger partial charge in [0.25, 0.3) is 0 Å². The Morgan fingerprint density at radius 2 is 1.84 bits per heavy atom. The van der Waals surface area contributed by atoms with Gasteiger partial charge in [-0.05, 0) is 43.4 Å². The van der Waals surface area contributed by atoms with Crippen molar-refractivity contribution < 1.29 is 14.3 Å².